The highest BCUT2D eigenvalue weighted by Gasteiger charge is 2.34. The summed E-state index contributed by atoms with van der Waals surface area (Å²) >= 11 is 6.29. The number of halogens is 2. The molecular weight excluding hydrogens is 263 g/mol. The van der Waals surface area contributed by atoms with Crippen LogP contribution in [0.25, 0.3) is 0 Å². The molecular formula is C15H20ClFN2. The van der Waals surface area contributed by atoms with Crippen molar-refractivity contribution < 1.29 is 4.39 Å². The number of piperazine rings is 1. The third kappa shape index (κ3) is 2.78. The molecule has 2 fully saturated rings. The zero-order valence-electron chi connectivity index (χ0n) is 11.0. The topological polar surface area (TPSA) is 15.3 Å². The van der Waals surface area contributed by atoms with E-state index in [-0.39, 0.29) is 5.82 Å². The van der Waals surface area contributed by atoms with E-state index in [4.69, 9.17) is 11.6 Å². The third-order valence-corrected chi connectivity index (χ3v) is 4.75. The molecule has 1 aromatic carbocycles. The van der Waals surface area contributed by atoms with Gasteiger partial charge in [-0.05, 0) is 36.5 Å². The normalized spacial score (nSPS) is 23.1. The summed E-state index contributed by atoms with van der Waals surface area (Å²) in [6.45, 7) is 4.16. The van der Waals surface area contributed by atoms with Crippen LogP contribution < -0.4 is 5.32 Å². The monoisotopic (exact) mass is 282 g/mol. The second kappa shape index (κ2) is 5.78. The van der Waals surface area contributed by atoms with Crippen LogP contribution in [-0.4, -0.2) is 31.1 Å². The van der Waals surface area contributed by atoms with E-state index >= 15 is 0 Å². The number of rotatable bonds is 3. The molecule has 19 heavy (non-hydrogen) atoms. The Balaban J connectivity index is 1.88. The molecule has 0 spiro atoms. The highest BCUT2D eigenvalue weighted by atomic mass is 35.5. The molecule has 1 saturated heterocycles. The van der Waals surface area contributed by atoms with Crippen LogP contribution in [-0.2, 0) is 0 Å². The van der Waals surface area contributed by atoms with Crippen molar-refractivity contribution >= 4 is 11.6 Å². The maximum atomic E-state index is 13.2. The van der Waals surface area contributed by atoms with Crippen LogP contribution >= 0.6 is 11.6 Å². The summed E-state index contributed by atoms with van der Waals surface area (Å²) in [6, 6.07) is 5.23. The maximum absolute atomic E-state index is 13.2. The van der Waals surface area contributed by atoms with Gasteiger partial charge >= 0.3 is 0 Å². The van der Waals surface area contributed by atoms with Gasteiger partial charge in [0.05, 0.1) is 0 Å². The molecule has 0 bridgehead atoms. The minimum atomic E-state index is -0.249. The van der Waals surface area contributed by atoms with Gasteiger partial charge in [-0.2, -0.15) is 0 Å². The molecule has 1 N–H and O–H groups in total. The molecule has 2 nitrogen and oxygen atoms in total. The predicted octanol–water partition coefficient (Wildman–Crippen LogP) is 3.23. The second-order valence-corrected chi connectivity index (χ2v) is 5.99. The largest absolute Gasteiger partial charge is 0.314 e. The molecule has 0 amide bonds. The van der Waals surface area contributed by atoms with Crippen LogP contribution in [0.1, 0.15) is 30.9 Å². The zero-order valence-corrected chi connectivity index (χ0v) is 11.8. The van der Waals surface area contributed by atoms with Crippen LogP contribution in [0.3, 0.4) is 0 Å². The number of nitrogens with one attached hydrogen (secondary N) is 1. The lowest BCUT2D eigenvalue weighted by molar-refractivity contribution is 0.0837. The summed E-state index contributed by atoms with van der Waals surface area (Å²) in [7, 11) is 0. The van der Waals surface area contributed by atoms with Gasteiger partial charge in [-0.3, -0.25) is 4.90 Å². The summed E-state index contributed by atoms with van der Waals surface area (Å²) in [4.78, 5) is 2.51. The lowest BCUT2D eigenvalue weighted by atomic mass is 9.76. The molecule has 4 heteroatoms. The number of benzene rings is 1. The van der Waals surface area contributed by atoms with Gasteiger partial charge < -0.3 is 5.32 Å². The molecule has 1 aliphatic carbocycles. The standard InChI is InChI=1S/C15H20ClFN2/c16-14-10-12(17)4-5-13(14)15(11-2-1-3-11)19-8-6-18-7-9-19/h4-5,10-11,15,18H,1-3,6-9H2/t15-/m1/s1. The first-order valence-electron chi connectivity index (χ1n) is 7.15. The highest BCUT2D eigenvalue weighted by molar-refractivity contribution is 6.31. The SMILES string of the molecule is Fc1ccc([C@@H](C2CCC2)N2CCNCC2)c(Cl)c1. The Morgan fingerprint density at radius 2 is 2.00 bits per heavy atom. The number of hydrogen-bond acceptors (Lipinski definition) is 2. The zero-order chi connectivity index (χ0) is 13.2. The van der Waals surface area contributed by atoms with Crippen molar-refractivity contribution in [2.24, 2.45) is 5.92 Å². The molecule has 0 radical (unpaired) electrons. The fourth-order valence-electron chi connectivity index (χ4n) is 3.21. The molecule has 0 aromatic heterocycles. The molecule has 1 atom stereocenters. The van der Waals surface area contributed by atoms with Gasteiger partial charge in [-0.15, -0.1) is 0 Å². The summed E-state index contributed by atoms with van der Waals surface area (Å²) in [5.41, 5.74) is 1.11. The van der Waals surface area contributed by atoms with E-state index in [0.717, 1.165) is 31.7 Å². The average Bonchev–Trinajstić information content (AvgIpc) is 2.35. The number of hydrogen-bond donors (Lipinski definition) is 1. The Kier molecular flexibility index (Phi) is 4.06. The minimum Gasteiger partial charge on any atom is -0.314 e. The van der Waals surface area contributed by atoms with Crippen molar-refractivity contribution in [1.29, 1.82) is 0 Å². The third-order valence-electron chi connectivity index (χ3n) is 4.42. The summed E-state index contributed by atoms with van der Waals surface area (Å²) in [5.74, 6) is 0.433. The van der Waals surface area contributed by atoms with E-state index < -0.39 is 0 Å². The lowest BCUT2D eigenvalue weighted by Gasteiger charge is -2.43. The Labute approximate surface area is 118 Å². The molecule has 1 saturated carbocycles. The van der Waals surface area contributed by atoms with Crippen molar-refractivity contribution in [3.8, 4) is 0 Å². The van der Waals surface area contributed by atoms with E-state index in [1.54, 1.807) is 0 Å². The van der Waals surface area contributed by atoms with E-state index in [9.17, 15) is 4.39 Å². The molecule has 3 rings (SSSR count). The Bertz CT molecular complexity index is 442. The van der Waals surface area contributed by atoms with Crippen LogP contribution in [0.5, 0.6) is 0 Å². The Morgan fingerprint density at radius 3 is 2.58 bits per heavy atom. The van der Waals surface area contributed by atoms with Crippen LogP contribution in [0.2, 0.25) is 5.02 Å². The van der Waals surface area contributed by atoms with E-state index in [2.05, 4.69) is 10.2 Å². The van der Waals surface area contributed by atoms with Crippen molar-refractivity contribution in [2.45, 2.75) is 25.3 Å². The first-order valence-corrected chi connectivity index (χ1v) is 7.53. The van der Waals surface area contributed by atoms with Gasteiger partial charge in [0.2, 0.25) is 0 Å². The Morgan fingerprint density at radius 1 is 1.26 bits per heavy atom. The van der Waals surface area contributed by atoms with Crippen LogP contribution in [0.15, 0.2) is 18.2 Å². The molecule has 104 valence electrons. The van der Waals surface area contributed by atoms with Gasteiger partial charge in [0, 0.05) is 37.2 Å². The predicted molar refractivity (Wildman–Crippen MR) is 75.9 cm³/mol. The summed E-state index contributed by atoms with van der Waals surface area (Å²) < 4.78 is 13.2. The van der Waals surface area contributed by atoms with Gasteiger partial charge in [0.15, 0.2) is 0 Å². The molecule has 2 aliphatic rings. The van der Waals surface area contributed by atoms with Crippen LogP contribution in [0, 0.1) is 11.7 Å². The van der Waals surface area contributed by atoms with E-state index in [0.29, 0.717) is 17.0 Å². The van der Waals surface area contributed by atoms with Gasteiger partial charge in [-0.25, -0.2) is 4.39 Å². The number of nitrogens with zero attached hydrogens (tertiary/aromatic N) is 1. The van der Waals surface area contributed by atoms with E-state index in [1.165, 1.54) is 31.4 Å². The maximum Gasteiger partial charge on any atom is 0.124 e. The molecule has 1 aliphatic heterocycles. The molecule has 1 aromatic rings. The van der Waals surface area contributed by atoms with E-state index in [1.807, 2.05) is 6.07 Å². The average molecular weight is 283 g/mol. The van der Waals surface area contributed by atoms with Crippen LogP contribution in [0.4, 0.5) is 4.39 Å². The summed E-state index contributed by atoms with van der Waals surface area (Å²) in [5, 5.41) is 3.96. The minimum absolute atomic E-state index is 0.249. The first-order chi connectivity index (χ1) is 9.25. The Hall–Kier alpha value is -0.640. The molecule has 0 unspecified atom stereocenters. The van der Waals surface area contributed by atoms with Gasteiger partial charge in [0.1, 0.15) is 5.82 Å². The lowest BCUT2D eigenvalue weighted by Crippen LogP contribution is -2.47. The van der Waals surface area contributed by atoms with Gasteiger partial charge in [0.25, 0.3) is 0 Å². The van der Waals surface area contributed by atoms with Gasteiger partial charge in [-0.1, -0.05) is 24.1 Å². The van der Waals surface area contributed by atoms with Crippen molar-refractivity contribution in [1.82, 2.24) is 10.2 Å². The fraction of sp³-hybridized carbons (Fsp3) is 0.600. The smallest absolute Gasteiger partial charge is 0.124 e. The molecule has 1 heterocycles. The van der Waals surface area contributed by atoms with Crippen molar-refractivity contribution in [2.75, 3.05) is 26.2 Å². The highest BCUT2D eigenvalue weighted by Crippen LogP contribution is 2.43. The van der Waals surface area contributed by atoms with Crippen molar-refractivity contribution in [3.05, 3.63) is 34.6 Å². The van der Waals surface area contributed by atoms with Crippen molar-refractivity contribution in [3.63, 3.8) is 0 Å². The summed E-state index contributed by atoms with van der Waals surface area (Å²) in [6.07, 6.45) is 3.84. The fourth-order valence-corrected chi connectivity index (χ4v) is 3.49. The quantitative estimate of drug-likeness (QED) is 0.916. The second-order valence-electron chi connectivity index (χ2n) is 5.59. The first kappa shape index (κ1) is 13.3.